The number of hydrogen-bond acceptors (Lipinski definition) is 4. The molecule has 0 saturated carbocycles. The zero-order chi connectivity index (χ0) is 8.15. The Bertz CT molecular complexity index is 129. The smallest absolute Gasteiger partial charge is 0.318 e. The van der Waals surface area contributed by atoms with Crippen molar-refractivity contribution < 1.29 is 28.0 Å². The molecule has 10 heavy (non-hydrogen) atoms. The molecule has 0 aromatic carbocycles. The van der Waals surface area contributed by atoms with Crippen molar-refractivity contribution in [2.45, 2.75) is 13.2 Å². The van der Waals surface area contributed by atoms with E-state index in [-0.39, 0.29) is 0 Å². The van der Waals surface area contributed by atoms with E-state index in [0.717, 1.165) is 0 Å². The van der Waals surface area contributed by atoms with Gasteiger partial charge in [0.1, 0.15) is 0 Å². The SMILES string of the molecule is CC(O[PH](=O)O)O[PH](=O)O. The van der Waals surface area contributed by atoms with E-state index in [1.165, 1.54) is 6.92 Å². The Morgan fingerprint density at radius 2 is 1.50 bits per heavy atom. The predicted octanol–water partition coefficient (Wildman–Crippen LogP) is 0.130. The highest BCUT2D eigenvalue weighted by Gasteiger charge is 2.06. The lowest BCUT2D eigenvalue weighted by Crippen LogP contribution is -2.03. The van der Waals surface area contributed by atoms with Crippen LogP contribution in [0.25, 0.3) is 0 Å². The van der Waals surface area contributed by atoms with Crippen LogP contribution >= 0.6 is 16.5 Å². The summed E-state index contributed by atoms with van der Waals surface area (Å²) in [5.41, 5.74) is 0. The molecule has 6 nitrogen and oxygen atoms in total. The quantitative estimate of drug-likeness (QED) is 0.483. The Kier molecular flexibility index (Phi) is 5.17. The molecule has 8 heteroatoms. The average Bonchev–Trinajstić information content (AvgIpc) is 1.58. The molecule has 2 N–H and O–H groups in total. The van der Waals surface area contributed by atoms with E-state index in [4.69, 9.17) is 9.79 Å². The predicted molar refractivity (Wildman–Crippen MR) is 34.1 cm³/mol. The van der Waals surface area contributed by atoms with Crippen LogP contribution in [0, 0.1) is 0 Å². The summed E-state index contributed by atoms with van der Waals surface area (Å²) in [6, 6.07) is 0. The van der Waals surface area contributed by atoms with Crippen LogP contribution in [0.4, 0.5) is 0 Å². The highest BCUT2D eigenvalue weighted by molar-refractivity contribution is 7.32. The van der Waals surface area contributed by atoms with Gasteiger partial charge in [-0.15, -0.1) is 0 Å². The first kappa shape index (κ1) is 10.3. The maximum Gasteiger partial charge on any atom is 0.318 e. The molecule has 0 aromatic rings. The van der Waals surface area contributed by atoms with Crippen LogP contribution in [0.2, 0.25) is 0 Å². The molecular weight excluding hydrogens is 182 g/mol. The number of hydrogen-bond donors (Lipinski definition) is 2. The van der Waals surface area contributed by atoms with Crippen LogP contribution in [0.3, 0.4) is 0 Å². The van der Waals surface area contributed by atoms with Crippen LogP contribution in [0.15, 0.2) is 0 Å². The molecule has 0 fully saturated rings. The highest BCUT2D eigenvalue weighted by atomic mass is 31.1. The molecule has 62 valence electrons. The second kappa shape index (κ2) is 5.02. The number of rotatable bonds is 4. The Labute approximate surface area is 58.7 Å². The van der Waals surface area contributed by atoms with E-state index < -0.39 is 22.8 Å². The van der Waals surface area contributed by atoms with Gasteiger partial charge in [-0.3, -0.25) is 18.2 Å². The lowest BCUT2D eigenvalue weighted by Gasteiger charge is -2.07. The molecule has 2 unspecified atom stereocenters. The van der Waals surface area contributed by atoms with Crippen molar-refractivity contribution in [3.63, 3.8) is 0 Å². The van der Waals surface area contributed by atoms with E-state index in [1.54, 1.807) is 0 Å². The van der Waals surface area contributed by atoms with Crippen LogP contribution in [-0.4, -0.2) is 16.1 Å². The van der Waals surface area contributed by atoms with Gasteiger partial charge in [0.15, 0.2) is 6.29 Å². The van der Waals surface area contributed by atoms with Gasteiger partial charge in [-0.1, -0.05) is 0 Å². The molecular formula is C2H8O6P2. The van der Waals surface area contributed by atoms with E-state index in [0.29, 0.717) is 0 Å². The first-order valence-corrected chi connectivity index (χ1v) is 4.84. The fourth-order valence-electron chi connectivity index (χ4n) is 0.308. The molecule has 0 heterocycles. The average molecular weight is 190 g/mol. The summed E-state index contributed by atoms with van der Waals surface area (Å²) in [6.45, 7) is 1.25. The zero-order valence-electron chi connectivity index (χ0n) is 5.10. The van der Waals surface area contributed by atoms with Crippen molar-refractivity contribution in [3.8, 4) is 0 Å². The molecule has 0 rings (SSSR count). The Balaban J connectivity index is 3.53. The van der Waals surface area contributed by atoms with Gasteiger partial charge in [-0.25, -0.2) is 0 Å². The van der Waals surface area contributed by atoms with Gasteiger partial charge < -0.3 is 9.79 Å². The Morgan fingerprint density at radius 1 is 1.20 bits per heavy atom. The second-order valence-corrected chi connectivity index (χ2v) is 2.87. The molecule has 0 saturated heterocycles. The third-order valence-electron chi connectivity index (χ3n) is 0.534. The first-order valence-electron chi connectivity index (χ1n) is 2.31. The summed E-state index contributed by atoms with van der Waals surface area (Å²) in [6.07, 6.45) is -1.12. The first-order chi connectivity index (χ1) is 4.52. The van der Waals surface area contributed by atoms with Gasteiger partial charge in [-0.2, -0.15) is 0 Å². The minimum atomic E-state index is -3.09. The summed E-state index contributed by atoms with van der Waals surface area (Å²) in [7, 11) is -6.18. The Hall–Kier alpha value is 0.300. The fraction of sp³-hybridized carbons (Fsp3) is 1.00. The normalized spacial score (nSPS) is 19.9. The van der Waals surface area contributed by atoms with Crippen molar-refractivity contribution in [2.24, 2.45) is 0 Å². The maximum atomic E-state index is 9.90. The molecule has 0 aliphatic heterocycles. The van der Waals surface area contributed by atoms with Gasteiger partial charge in [0.25, 0.3) is 0 Å². The highest BCUT2D eigenvalue weighted by Crippen LogP contribution is 2.25. The standard InChI is InChI=1S/C2H8O6P2/c1-2(7-9(3)4)8-10(5)6/h2,9-10H,1H3,(H,3,4)(H,5,6). The summed E-state index contributed by atoms with van der Waals surface area (Å²) in [4.78, 5) is 16.2. The third-order valence-corrected chi connectivity index (χ3v) is 1.60. The van der Waals surface area contributed by atoms with Crippen molar-refractivity contribution in [3.05, 3.63) is 0 Å². The fourth-order valence-corrected chi connectivity index (χ4v) is 1.07. The molecule has 0 radical (unpaired) electrons. The largest absolute Gasteiger partial charge is 0.326 e. The van der Waals surface area contributed by atoms with Crippen LogP contribution < -0.4 is 0 Å². The molecule has 2 atom stereocenters. The van der Waals surface area contributed by atoms with Crippen molar-refractivity contribution >= 4 is 16.5 Å². The molecule has 0 spiro atoms. The zero-order valence-corrected chi connectivity index (χ0v) is 7.10. The van der Waals surface area contributed by atoms with E-state index in [2.05, 4.69) is 9.05 Å². The van der Waals surface area contributed by atoms with Crippen molar-refractivity contribution in [1.82, 2.24) is 0 Å². The van der Waals surface area contributed by atoms with Crippen LogP contribution in [-0.2, 0) is 18.2 Å². The van der Waals surface area contributed by atoms with Gasteiger partial charge in [0.2, 0.25) is 0 Å². The maximum absolute atomic E-state index is 9.90. The minimum absolute atomic E-state index is 1.12. The molecule has 0 aliphatic carbocycles. The Morgan fingerprint density at radius 3 is 1.70 bits per heavy atom. The van der Waals surface area contributed by atoms with Crippen molar-refractivity contribution in [2.75, 3.05) is 0 Å². The van der Waals surface area contributed by atoms with Gasteiger partial charge in [-0.05, 0) is 6.92 Å². The molecule has 0 aliphatic rings. The summed E-state index contributed by atoms with van der Waals surface area (Å²) < 4.78 is 28.0. The minimum Gasteiger partial charge on any atom is -0.326 e. The van der Waals surface area contributed by atoms with Crippen LogP contribution in [0.5, 0.6) is 0 Å². The van der Waals surface area contributed by atoms with Crippen molar-refractivity contribution in [1.29, 1.82) is 0 Å². The lowest BCUT2D eigenvalue weighted by molar-refractivity contribution is 0.0186. The molecule has 0 aromatic heterocycles. The van der Waals surface area contributed by atoms with E-state index in [9.17, 15) is 9.13 Å². The third kappa shape index (κ3) is 6.42. The topological polar surface area (TPSA) is 93.1 Å². The summed E-state index contributed by atoms with van der Waals surface area (Å²) >= 11 is 0. The molecule has 0 amide bonds. The monoisotopic (exact) mass is 190 g/mol. The van der Waals surface area contributed by atoms with Gasteiger partial charge >= 0.3 is 16.5 Å². The van der Waals surface area contributed by atoms with Gasteiger partial charge in [0, 0.05) is 0 Å². The van der Waals surface area contributed by atoms with Crippen LogP contribution in [0.1, 0.15) is 6.92 Å². The second-order valence-electron chi connectivity index (χ2n) is 1.34. The summed E-state index contributed by atoms with van der Waals surface area (Å²) in [5, 5.41) is 0. The summed E-state index contributed by atoms with van der Waals surface area (Å²) in [5.74, 6) is 0. The molecule has 0 bridgehead atoms. The van der Waals surface area contributed by atoms with E-state index in [1.807, 2.05) is 0 Å². The lowest BCUT2D eigenvalue weighted by atomic mass is 10.8. The van der Waals surface area contributed by atoms with E-state index >= 15 is 0 Å². The van der Waals surface area contributed by atoms with Gasteiger partial charge in [0.05, 0.1) is 0 Å².